The number of benzene rings is 1. The maximum absolute atomic E-state index is 15.5. The molecule has 2 saturated heterocycles. The van der Waals surface area contributed by atoms with Crippen LogP contribution in [-0.2, 0) is 25.5 Å². The molecule has 1 saturated carbocycles. The molecular weight excluding hydrogens is 544 g/mol. The fourth-order valence-corrected chi connectivity index (χ4v) is 7.20. The van der Waals surface area contributed by atoms with Crippen molar-refractivity contribution in [2.75, 3.05) is 42.5 Å². The van der Waals surface area contributed by atoms with Crippen molar-refractivity contribution in [1.29, 1.82) is 0 Å². The second-order valence-electron chi connectivity index (χ2n) is 10.7. The normalized spacial score (nSPS) is 23.0. The Balaban J connectivity index is 1.25. The number of piperazine rings is 1. The molecule has 3 fully saturated rings. The Hall–Kier alpha value is -3.19. The number of hydrogen-bond acceptors (Lipinski definition) is 7. The van der Waals surface area contributed by atoms with Gasteiger partial charge in [0.1, 0.15) is 5.69 Å². The Labute approximate surface area is 232 Å². The van der Waals surface area contributed by atoms with Gasteiger partial charge in [0.05, 0.1) is 10.8 Å². The van der Waals surface area contributed by atoms with Crippen molar-refractivity contribution < 1.29 is 31.9 Å². The zero-order valence-electron chi connectivity index (χ0n) is 22.3. The van der Waals surface area contributed by atoms with E-state index in [1.807, 2.05) is 0 Å². The predicted molar refractivity (Wildman–Crippen MR) is 143 cm³/mol. The Kier molecular flexibility index (Phi) is 7.79. The zero-order valence-corrected chi connectivity index (χ0v) is 23.1. The second-order valence-corrected chi connectivity index (χ2v) is 12.7. The summed E-state index contributed by atoms with van der Waals surface area (Å²) in [7, 11) is -3.79. The molecule has 1 aliphatic carbocycles. The van der Waals surface area contributed by atoms with E-state index in [1.54, 1.807) is 28.9 Å². The number of carbonyl (C=O) groups is 2. The van der Waals surface area contributed by atoms with E-state index < -0.39 is 33.8 Å². The summed E-state index contributed by atoms with van der Waals surface area (Å²) in [6.45, 7) is 2.98. The van der Waals surface area contributed by atoms with E-state index in [9.17, 15) is 23.1 Å². The molecule has 216 valence electrons. The second kappa shape index (κ2) is 11.0. The fourth-order valence-electron chi connectivity index (χ4n) is 5.77. The lowest BCUT2D eigenvalue weighted by molar-refractivity contribution is -0.145. The average molecular weight is 578 g/mol. The van der Waals surface area contributed by atoms with Gasteiger partial charge in [-0.15, -0.1) is 0 Å². The molecule has 2 aromatic rings. The average Bonchev–Trinajstić information content (AvgIpc) is 3.38. The highest BCUT2D eigenvalue weighted by atomic mass is 32.2. The number of aliphatic carboxylic acids is 1. The van der Waals surface area contributed by atoms with Gasteiger partial charge in [0.25, 0.3) is 5.92 Å². The minimum atomic E-state index is -3.79. The summed E-state index contributed by atoms with van der Waals surface area (Å²) in [6, 6.07) is 7.56. The molecule has 10 nitrogen and oxygen atoms in total. The Bertz CT molecular complexity index is 1370. The van der Waals surface area contributed by atoms with E-state index in [1.165, 1.54) is 22.5 Å². The fraction of sp³-hybridized carbons (Fsp3) is 0.556. The SMILES string of the molecule is Cc1cc(C(F)(F)[C@H]2CC[C@H](C(=O)O)CC2)nc(N2CCN(S(=O)(=O)c3ccc(N4CCCC4=O)cc3)CC2)n1. The summed E-state index contributed by atoms with van der Waals surface area (Å²) in [5.74, 6) is -5.61. The van der Waals surface area contributed by atoms with Crippen LogP contribution in [-0.4, -0.2) is 72.4 Å². The molecule has 1 amide bonds. The number of carbonyl (C=O) groups excluding carboxylic acids is 1. The monoisotopic (exact) mass is 577 g/mol. The third kappa shape index (κ3) is 5.53. The maximum atomic E-state index is 15.5. The van der Waals surface area contributed by atoms with Crippen molar-refractivity contribution in [3.8, 4) is 0 Å². The minimum absolute atomic E-state index is 0.0246. The van der Waals surface area contributed by atoms with Gasteiger partial charge in [0.2, 0.25) is 21.9 Å². The first kappa shape index (κ1) is 28.3. The molecule has 0 spiro atoms. The summed E-state index contributed by atoms with van der Waals surface area (Å²) in [5, 5.41) is 9.19. The zero-order chi connectivity index (χ0) is 28.7. The van der Waals surface area contributed by atoms with Gasteiger partial charge in [0, 0.05) is 56.4 Å². The summed E-state index contributed by atoms with van der Waals surface area (Å²) in [6.07, 6.45) is 1.90. The summed E-state index contributed by atoms with van der Waals surface area (Å²) in [5.41, 5.74) is 0.663. The van der Waals surface area contributed by atoms with E-state index in [0.29, 0.717) is 24.3 Å². The van der Waals surface area contributed by atoms with E-state index in [0.717, 1.165) is 6.42 Å². The van der Waals surface area contributed by atoms with E-state index >= 15 is 8.78 Å². The van der Waals surface area contributed by atoms with Crippen LogP contribution in [0, 0.1) is 18.8 Å². The van der Waals surface area contributed by atoms with Crippen molar-refractivity contribution in [2.45, 2.75) is 56.3 Å². The van der Waals surface area contributed by atoms with Crippen LogP contribution in [0.15, 0.2) is 35.2 Å². The van der Waals surface area contributed by atoms with Crippen molar-refractivity contribution >= 4 is 33.5 Å². The smallest absolute Gasteiger partial charge is 0.306 e. The quantitative estimate of drug-likeness (QED) is 0.531. The van der Waals surface area contributed by atoms with Gasteiger partial charge in [-0.2, -0.15) is 13.1 Å². The number of aryl methyl sites for hydroxylation is 1. The van der Waals surface area contributed by atoms with E-state index in [4.69, 9.17) is 0 Å². The molecular formula is C27H33F2N5O5S. The number of hydrogen-bond donors (Lipinski definition) is 1. The Morgan fingerprint density at radius 1 is 1.00 bits per heavy atom. The van der Waals surface area contributed by atoms with Crippen LogP contribution in [0.3, 0.4) is 0 Å². The van der Waals surface area contributed by atoms with Crippen LogP contribution in [0.1, 0.15) is 49.9 Å². The predicted octanol–water partition coefficient (Wildman–Crippen LogP) is 3.41. The summed E-state index contributed by atoms with van der Waals surface area (Å²) >= 11 is 0. The van der Waals surface area contributed by atoms with Gasteiger partial charge in [-0.3, -0.25) is 9.59 Å². The Morgan fingerprint density at radius 2 is 1.65 bits per heavy atom. The van der Waals surface area contributed by atoms with Crippen LogP contribution in [0.5, 0.6) is 0 Å². The summed E-state index contributed by atoms with van der Waals surface area (Å²) in [4.78, 5) is 35.2. The molecule has 0 radical (unpaired) electrons. The third-order valence-electron chi connectivity index (χ3n) is 8.15. The number of amides is 1. The number of carboxylic acid groups (broad SMARTS) is 1. The van der Waals surface area contributed by atoms with Crippen LogP contribution in [0.2, 0.25) is 0 Å². The molecule has 0 bridgehead atoms. The molecule has 3 heterocycles. The number of alkyl halides is 2. The number of sulfonamides is 1. The highest BCUT2D eigenvalue weighted by Crippen LogP contribution is 2.44. The molecule has 1 aromatic heterocycles. The van der Waals surface area contributed by atoms with Crippen LogP contribution in [0.25, 0.3) is 0 Å². The number of rotatable bonds is 7. The van der Waals surface area contributed by atoms with Crippen molar-refractivity contribution in [1.82, 2.24) is 14.3 Å². The molecule has 0 unspecified atom stereocenters. The van der Waals surface area contributed by atoms with E-state index in [-0.39, 0.29) is 74.3 Å². The first-order valence-electron chi connectivity index (χ1n) is 13.6. The van der Waals surface area contributed by atoms with Crippen LogP contribution >= 0.6 is 0 Å². The first-order chi connectivity index (χ1) is 19.0. The lowest BCUT2D eigenvalue weighted by Gasteiger charge is -2.35. The van der Waals surface area contributed by atoms with Gasteiger partial charge < -0.3 is 14.9 Å². The number of halogens is 2. The lowest BCUT2D eigenvalue weighted by Crippen LogP contribution is -2.49. The highest BCUT2D eigenvalue weighted by molar-refractivity contribution is 7.89. The number of carboxylic acids is 1. The molecule has 1 aromatic carbocycles. The molecule has 40 heavy (non-hydrogen) atoms. The van der Waals surface area contributed by atoms with E-state index in [2.05, 4.69) is 9.97 Å². The van der Waals surface area contributed by atoms with Crippen molar-refractivity contribution in [3.63, 3.8) is 0 Å². The number of anilines is 2. The van der Waals surface area contributed by atoms with Gasteiger partial charge >= 0.3 is 5.97 Å². The topological polar surface area (TPSA) is 124 Å². The van der Waals surface area contributed by atoms with Crippen LogP contribution in [0.4, 0.5) is 20.4 Å². The molecule has 5 rings (SSSR count). The van der Waals surface area contributed by atoms with Gasteiger partial charge in [-0.05, 0) is 69.4 Å². The maximum Gasteiger partial charge on any atom is 0.306 e. The number of nitrogens with zero attached hydrogens (tertiary/aromatic N) is 5. The lowest BCUT2D eigenvalue weighted by atomic mass is 9.78. The van der Waals surface area contributed by atoms with Crippen molar-refractivity contribution in [3.05, 3.63) is 41.7 Å². The molecule has 3 aliphatic rings. The molecule has 1 N–H and O–H groups in total. The highest BCUT2D eigenvalue weighted by Gasteiger charge is 2.45. The van der Waals surface area contributed by atoms with Crippen LogP contribution < -0.4 is 9.80 Å². The minimum Gasteiger partial charge on any atom is -0.481 e. The number of aromatic nitrogens is 2. The van der Waals surface area contributed by atoms with Gasteiger partial charge in [-0.25, -0.2) is 18.4 Å². The molecule has 2 aliphatic heterocycles. The standard InChI is InChI=1S/C27H33F2N5O5S/c1-18-17-23(27(28,29)20-6-4-19(5-7-20)25(36)37)31-26(30-18)32-13-15-33(16-14-32)40(38,39)22-10-8-21(9-11-22)34-12-2-3-24(34)35/h8-11,17,19-20H,2-7,12-16H2,1H3,(H,36,37)/t19-,20-. The van der Waals surface area contributed by atoms with Gasteiger partial charge in [0.15, 0.2) is 0 Å². The largest absolute Gasteiger partial charge is 0.481 e. The molecule has 13 heteroatoms. The molecule has 0 atom stereocenters. The Morgan fingerprint density at radius 3 is 2.23 bits per heavy atom. The summed E-state index contributed by atoms with van der Waals surface area (Å²) < 4.78 is 58.9. The van der Waals surface area contributed by atoms with Crippen molar-refractivity contribution in [2.24, 2.45) is 11.8 Å². The third-order valence-corrected chi connectivity index (χ3v) is 10.1. The first-order valence-corrected chi connectivity index (χ1v) is 15.0. The van der Waals surface area contributed by atoms with Gasteiger partial charge in [-0.1, -0.05) is 0 Å².